The Labute approximate surface area is 191 Å². The molecule has 172 valence electrons. The maximum Gasteiger partial charge on any atom is 0.387 e. The molecule has 5 nitrogen and oxygen atoms in total. The van der Waals surface area contributed by atoms with E-state index in [4.69, 9.17) is 9.47 Å². The topological polar surface area (TPSA) is 50.8 Å². The fraction of sp³-hybridized carbons (Fsp3) is 0.269. The third-order valence-corrected chi connectivity index (χ3v) is 5.47. The molecule has 0 aromatic heterocycles. The molecule has 0 unspecified atom stereocenters. The first-order valence-corrected chi connectivity index (χ1v) is 10.9. The molecule has 3 aromatic rings. The number of nitrogens with zero attached hydrogens (tertiary/aromatic N) is 1. The van der Waals surface area contributed by atoms with Gasteiger partial charge in [0.1, 0.15) is 5.75 Å². The van der Waals surface area contributed by atoms with E-state index in [2.05, 4.69) is 10.2 Å². The van der Waals surface area contributed by atoms with Crippen molar-refractivity contribution in [2.75, 3.05) is 31.6 Å². The Morgan fingerprint density at radius 1 is 0.970 bits per heavy atom. The van der Waals surface area contributed by atoms with Crippen molar-refractivity contribution >= 4 is 11.6 Å². The fourth-order valence-electron chi connectivity index (χ4n) is 3.85. The first-order valence-electron chi connectivity index (χ1n) is 10.9. The van der Waals surface area contributed by atoms with Crippen LogP contribution in [-0.4, -0.2) is 43.7 Å². The first kappa shape index (κ1) is 22.9. The highest BCUT2D eigenvalue weighted by atomic mass is 19.3. The number of halogens is 2. The minimum absolute atomic E-state index is 0.0966. The van der Waals surface area contributed by atoms with Crippen molar-refractivity contribution in [2.24, 2.45) is 0 Å². The number of rotatable bonds is 8. The fourth-order valence-corrected chi connectivity index (χ4v) is 3.85. The van der Waals surface area contributed by atoms with Crippen LogP contribution in [0.25, 0.3) is 0 Å². The summed E-state index contributed by atoms with van der Waals surface area (Å²) in [6.45, 7) is 1.01. The summed E-state index contributed by atoms with van der Waals surface area (Å²) in [6.07, 6.45) is 0.404. The summed E-state index contributed by atoms with van der Waals surface area (Å²) < 4.78 is 35.8. The molecule has 3 aromatic carbocycles. The van der Waals surface area contributed by atoms with Crippen LogP contribution in [0, 0.1) is 0 Å². The highest BCUT2D eigenvalue weighted by Crippen LogP contribution is 2.27. The maximum absolute atomic E-state index is 12.9. The summed E-state index contributed by atoms with van der Waals surface area (Å²) in [7, 11) is 0. The van der Waals surface area contributed by atoms with Crippen molar-refractivity contribution in [1.82, 2.24) is 4.90 Å². The molecule has 0 spiro atoms. The van der Waals surface area contributed by atoms with Gasteiger partial charge in [-0.15, -0.1) is 0 Å². The van der Waals surface area contributed by atoms with Crippen molar-refractivity contribution in [1.29, 1.82) is 0 Å². The predicted molar refractivity (Wildman–Crippen MR) is 123 cm³/mol. The Morgan fingerprint density at radius 2 is 1.73 bits per heavy atom. The zero-order valence-corrected chi connectivity index (χ0v) is 18.2. The number of carbonyl (C=O) groups excluding carboxylic acids is 1. The maximum atomic E-state index is 12.9. The van der Waals surface area contributed by atoms with Crippen molar-refractivity contribution in [3.05, 3.63) is 95.1 Å². The zero-order valence-electron chi connectivity index (χ0n) is 18.2. The zero-order chi connectivity index (χ0) is 23.0. The van der Waals surface area contributed by atoms with Crippen LogP contribution in [0.1, 0.15) is 27.0 Å². The first-order chi connectivity index (χ1) is 16.1. The number of amides is 1. The second-order valence-corrected chi connectivity index (χ2v) is 7.91. The van der Waals surface area contributed by atoms with Crippen LogP contribution in [0.4, 0.5) is 14.5 Å². The third-order valence-electron chi connectivity index (χ3n) is 5.47. The molecule has 0 atom stereocenters. The van der Waals surface area contributed by atoms with Gasteiger partial charge in [-0.2, -0.15) is 8.78 Å². The molecule has 7 heteroatoms. The van der Waals surface area contributed by atoms with Gasteiger partial charge in [0.05, 0.1) is 13.2 Å². The van der Waals surface area contributed by atoms with E-state index in [1.807, 2.05) is 48.5 Å². The summed E-state index contributed by atoms with van der Waals surface area (Å²) in [5, 5.41) is 2.88. The van der Waals surface area contributed by atoms with Crippen LogP contribution >= 0.6 is 0 Å². The van der Waals surface area contributed by atoms with E-state index in [0.717, 1.165) is 44.0 Å². The van der Waals surface area contributed by atoms with E-state index in [-0.39, 0.29) is 11.7 Å². The lowest BCUT2D eigenvalue weighted by Gasteiger charge is -2.26. The van der Waals surface area contributed by atoms with Crippen LogP contribution < -0.4 is 10.1 Å². The van der Waals surface area contributed by atoms with Gasteiger partial charge >= 0.3 is 6.61 Å². The van der Waals surface area contributed by atoms with Crippen LogP contribution in [0.15, 0.2) is 72.8 Å². The number of alkyl halides is 2. The molecule has 4 rings (SSSR count). The largest absolute Gasteiger partial charge is 0.435 e. The average Bonchev–Trinajstić information content (AvgIpc) is 2.82. The summed E-state index contributed by atoms with van der Waals surface area (Å²) in [5.74, 6) is -0.161. The lowest BCUT2D eigenvalue weighted by atomic mass is 10.0. The summed E-state index contributed by atoms with van der Waals surface area (Å²) in [5.41, 5.74) is 3.63. The minimum Gasteiger partial charge on any atom is -0.435 e. The highest BCUT2D eigenvalue weighted by molar-refractivity contribution is 6.04. The number of morpholine rings is 1. The lowest BCUT2D eigenvalue weighted by Crippen LogP contribution is -2.35. The van der Waals surface area contributed by atoms with Gasteiger partial charge in [0.2, 0.25) is 0 Å². The van der Waals surface area contributed by atoms with Crippen molar-refractivity contribution in [2.45, 2.75) is 19.6 Å². The molecule has 0 radical (unpaired) electrons. The normalized spacial score (nSPS) is 14.3. The van der Waals surface area contributed by atoms with Crippen molar-refractivity contribution in [3.63, 3.8) is 0 Å². The van der Waals surface area contributed by atoms with E-state index < -0.39 is 6.61 Å². The average molecular weight is 453 g/mol. The van der Waals surface area contributed by atoms with Crippen LogP contribution in [0.3, 0.4) is 0 Å². The van der Waals surface area contributed by atoms with Crippen molar-refractivity contribution < 1.29 is 23.0 Å². The Bertz CT molecular complexity index is 1070. The minimum atomic E-state index is -2.92. The van der Waals surface area contributed by atoms with Crippen LogP contribution in [-0.2, 0) is 17.7 Å². The van der Waals surface area contributed by atoms with Gasteiger partial charge in [-0.1, -0.05) is 42.5 Å². The van der Waals surface area contributed by atoms with Gasteiger partial charge in [-0.25, -0.2) is 0 Å². The summed E-state index contributed by atoms with van der Waals surface area (Å²) in [4.78, 5) is 15.2. The standard InChI is InChI=1S/C26H26F2N2O3/c27-26(28)33-24-10-9-23(17-22(24)15-19-5-2-1-3-6-19)29-25(31)21-8-4-7-20(16-21)18-30-11-13-32-14-12-30/h1-10,16-17,26H,11-15,18H2,(H,29,31). The molecular weight excluding hydrogens is 426 g/mol. The van der Waals surface area contributed by atoms with Gasteiger partial charge in [0, 0.05) is 42.9 Å². The molecule has 33 heavy (non-hydrogen) atoms. The van der Waals surface area contributed by atoms with Gasteiger partial charge in [0.15, 0.2) is 0 Å². The summed E-state index contributed by atoms with van der Waals surface area (Å²) >= 11 is 0. The summed E-state index contributed by atoms with van der Waals surface area (Å²) in [6, 6.07) is 21.7. The Balaban J connectivity index is 1.49. The number of nitrogens with one attached hydrogen (secondary N) is 1. The predicted octanol–water partition coefficient (Wildman–Crippen LogP) is 4.96. The van der Waals surface area contributed by atoms with E-state index in [1.165, 1.54) is 6.07 Å². The quantitative estimate of drug-likeness (QED) is 0.525. The molecule has 1 fully saturated rings. The smallest absolute Gasteiger partial charge is 0.387 e. The molecular formula is C26H26F2N2O3. The highest BCUT2D eigenvalue weighted by Gasteiger charge is 2.15. The van der Waals surface area contributed by atoms with Gasteiger partial charge in [-0.05, 0) is 41.5 Å². The van der Waals surface area contributed by atoms with Crippen LogP contribution in [0.5, 0.6) is 5.75 Å². The van der Waals surface area contributed by atoms with Crippen LogP contribution in [0.2, 0.25) is 0 Å². The second kappa shape index (κ2) is 11.0. The van der Waals surface area contributed by atoms with Crippen molar-refractivity contribution in [3.8, 4) is 5.75 Å². The lowest BCUT2D eigenvalue weighted by molar-refractivity contribution is -0.0503. The van der Waals surface area contributed by atoms with E-state index >= 15 is 0 Å². The Hall–Kier alpha value is -3.29. The molecule has 0 bridgehead atoms. The number of hydrogen-bond acceptors (Lipinski definition) is 4. The van der Waals surface area contributed by atoms with E-state index in [0.29, 0.717) is 23.2 Å². The Kier molecular flexibility index (Phi) is 7.65. The van der Waals surface area contributed by atoms with E-state index in [9.17, 15) is 13.6 Å². The Morgan fingerprint density at radius 3 is 2.48 bits per heavy atom. The van der Waals surface area contributed by atoms with Gasteiger partial charge < -0.3 is 14.8 Å². The molecule has 1 N–H and O–H groups in total. The molecule has 1 heterocycles. The SMILES string of the molecule is O=C(Nc1ccc(OC(F)F)c(Cc2ccccc2)c1)c1cccc(CN2CCOCC2)c1. The molecule has 0 saturated carbocycles. The number of anilines is 1. The molecule has 1 amide bonds. The number of benzene rings is 3. The monoisotopic (exact) mass is 452 g/mol. The number of carbonyl (C=O) groups is 1. The number of ether oxygens (including phenoxy) is 2. The molecule has 1 aliphatic rings. The second-order valence-electron chi connectivity index (χ2n) is 7.91. The van der Waals surface area contributed by atoms with Gasteiger partial charge in [-0.3, -0.25) is 9.69 Å². The molecule has 0 aliphatic carbocycles. The third kappa shape index (κ3) is 6.60. The number of hydrogen-bond donors (Lipinski definition) is 1. The molecule has 1 aliphatic heterocycles. The van der Waals surface area contributed by atoms with Gasteiger partial charge in [0.25, 0.3) is 5.91 Å². The molecule has 1 saturated heterocycles. The van der Waals surface area contributed by atoms with E-state index in [1.54, 1.807) is 18.2 Å².